The molecule has 0 aliphatic heterocycles. The highest BCUT2D eigenvalue weighted by molar-refractivity contribution is 9.10. The number of aryl methyl sites for hydroxylation is 1. The molecule has 1 aromatic carbocycles. The first-order valence-electron chi connectivity index (χ1n) is 6.90. The Balaban J connectivity index is 1.74. The number of aromatic nitrogens is 2. The Kier molecular flexibility index (Phi) is 5.80. The molecule has 2 rings (SSSR count). The summed E-state index contributed by atoms with van der Waals surface area (Å²) in [6.07, 6.45) is 2.24. The molecule has 6 heteroatoms. The van der Waals surface area contributed by atoms with Crippen molar-refractivity contribution in [3.05, 3.63) is 40.5 Å². The van der Waals surface area contributed by atoms with Gasteiger partial charge in [0.15, 0.2) is 5.82 Å². The second kappa shape index (κ2) is 7.83. The third-order valence-electron chi connectivity index (χ3n) is 2.81. The number of carbonyl (C=O) groups is 1. The molecular formula is C15H18BrN3O2. The fourth-order valence-electron chi connectivity index (χ4n) is 1.85. The Morgan fingerprint density at radius 3 is 3.05 bits per heavy atom. The van der Waals surface area contributed by atoms with Crippen LogP contribution >= 0.6 is 15.9 Å². The number of halogens is 1. The van der Waals surface area contributed by atoms with Gasteiger partial charge in [0.2, 0.25) is 5.91 Å². The average molecular weight is 352 g/mol. The summed E-state index contributed by atoms with van der Waals surface area (Å²) in [6, 6.07) is 9.39. The van der Waals surface area contributed by atoms with Crippen molar-refractivity contribution >= 4 is 27.7 Å². The monoisotopic (exact) mass is 351 g/mol. The van der Waals surface area contributed by atoms with Gasteiger partial charge in [0, 0.05) is 16.2 Å². The van der Waals surface area contributed by atoms with Gasteiger partial charge in [-0.15, -0.1) is 0 Å². The lowest BCUT2D eigenvalue weighted by atomic mass is 10.2. The van der Waals surface area contributed by atoms with Crippen LogP contribution in [0.4, 0.5) is 5.82 Å². The Morgan fingerprint density at radius 1 is 1.43 bits per heavy atom. The lowest BCUT2D eigenvalue weighted by molar-refractivity contribution is -0.116. The van der Waals surface area contributed by atoms with Crippen molar-refractivity contribution in [2.24, 2.45) is 0 Å². The van der Waals surface area contributed by atoms with Crippen LogP contribution in [0.25, 0.3) is 0 Å². The molecule has 0 aliphatic carbocycles. The van der Waals surface area contributed by atoms with Crippen LogP contribution in [0.3, 0.4) is 0 Å². The van der Waals surface area contributed by atoms with Crippen LogP contribution in [0.1, 0.15) is 25.5 Å². The number of ether oxygens (including phenoxy) is 1. The molecule has 0 spiro atoms. The van der Waals surface area contributed by atoms with Gasteiger partial charge in [0.25, 0.3) is 0 Å². The zero-order valence-electron chi connectivity index (χ0n) is 11.9. The number of hydrogen-bond donors (Lipinski definition) is 2. The van der Waals surface area contributed by atoms with Gasteiger partial charge in [-0.2, -0.15) is 5.10 Å². The van der Waals surface area contributed by atoms with E-state index in [1.165, 1.54) is 0 Å². The van der Waals surface area contributed by atoms with Gasteiger partial charge in [-0.25, -0.2) is 0 Å². The van der Waals surface area contributed by atoms with Crippen molar-refractivity contribution in [3.8, 4) is 5.75 Å². The molecule has 0 aliphatic rings. The fourth-order valence-corrected chi connectivity index (χ4v) is 2.22. The van der Waals surface area contributed by atoms with E-state index in [-0.39, 0.29) is 12.3 Å². The highest BCUT2D eigenvalue weighted by Crippen LogP contribution is 2.17. The number of carbonyl (C=O) groups excluding carboxylic acids is 1. The summed E-state index contributed by atoms with van der Waals surface area (Å²) in [5.74, 6) is 1.19. The zero-order chi connectivity index (χ0) is 15.1. The maximum absolute atomic E-state index is 11.8. The molecule has 2 aromatic rings. The molecule has 1 amide bonds. The van der Waals surface area contributed by atoms with E-state index in [0.717, 1.165) is 28.8 Å². The molecule has 2 N–H and O–H groups in total. The highest BCUT2D eigenvalue weighted by Gasteiger charge is 2.06. The van der Waals surface area contributed by atoms with Gasteiger partial charge in [0.05, 0.1) is 13.0 Å². The zero-order valence-corrected chi connectivity index (χ0v) is 13.4. The van der Waals surface area contributed by atoms with Crippen molar-refractivity contribution < 1.29 is 9.53 Å². The Labute approximate surface area is 132 Å². The summed E-state index contributed by atoms with van der Waals surface area (Å²) in [4.78, 5) is 11.8. The Hall–Kier alpha value is -1.82. The molecule has 1 heterocycles. The lowest BCUT2D eigenvalue weighted by Crippen LogP contribution is -2.15. The van der Waals surface area contributed by atoms with Crippen LogP contribution in [0.2, 0.25) is 0 Å². The van der Waals surface area contributed by atoms with Crippen LogP contribution < -0.4 is 10.1 Å². The van der Waals surface area contributed by atoms with Crippen LogP contribution in [-0.4, -0.2) is 22.7 Å². The molecular weight excluding hydrogens is 334 g/mol. The topological polar surface area (TPSA) is 67.0 Å². The number of hydrogen-bond acceptors (Lipinski definition) is 3. The van der Waals surface area contributed by atoms with E-state index >= 15 is 0 Å². The molecule has 1 aromatic heterocycles. The van der Waals surface area contributed by atoms with Gasteiger partial charge in [0.1, 0.15) is 5.75 Å². The average Bonchev–Trinajstić information content (AvgIpc) is 2.86. The minimum Gasteiger partial charge on any atom is -0.493 e. The van der Waals surface area contributed by atoms with E-state index in [9.17, 15) is 4.79 Å². The van der Waals surface area contributed by atoms with Gasteiger partial charge >= 0.3 is 0 Å². The second-order valence-electron chi connectivity index (χ2n) is 4.63. The molecule has 112 valence electrons. The van der Waals surface area contributed by atoms with E-state index in [4.69, 9.17) is 4.74 Å². The largest absolute Gasteiger partial charge is 0.493 e. The molecule has 0 bridgehead atoms. The summed E-state index contributed by atoms with van der Waals surface area (Å²) in [6.45, 7) is 2.42. The van der Waals surface area contributed by atoms with E-state index in [0.29, 0.717) is 12.4 Å². The number of nitrogens with zero attached hydrogens (tertiary/aromatic N) is 1. The Bertz CT molecular complexity index is 598. The van der Waals surface area contributed by atoms with Crippen LogP contribution in [0.5, 0.6) is 5.75 Å². The van der Waals surface area contributed by atoms with E-state index < -0.39 is 0 Å². The summed E-state index contributed by atoms with van der Waals surface area (Å²) in [7, 11) is 0. The summed E-state index contributed by atoms with van der Waals surface area (Å²) in [5.41, 5.74) is 1.03. The number of aromatic amines is 1. The predicted octanol–water partition coefficient (Wildman–Crippen LogP) is 3.53. The number of rotatable bonds is 7. The third kappa shape index (κ3) is 5.23. The maximum Gasteiger partial charge on any atom is 0.229 e. The van der Waals surface area contributed by atoms with Crippen LogP contribution in [0.15, 0.2) is 34.8 Å². The smallest absolute Gasteiger partial charge is 0.229 e. The standard InChI is InChI=1S/C15H18BrN3O2/c1-2-4-12-10-14(19-18-12)17-15(20)7-8-21-13-6-3-5-11(16)9-13/h3,5-6,9-10H,2,4,7-8H2,1H3,(H2,17,18,19,20). The van der Waals surface area contributed by atoms with E-state index in [1.807, 2.05) is 30.3 Å². The van der Waals surface area contributed by atoms with Gasteiger partial charge in [-0.1, -0.05) is 35.3 Å². The van der Waals surface area contributed by atoms with Gasteiger partial charge < -0.3 is 10.1 Å². The first-order chi connectivity index (χ1) is 10.2. The molecule has 0 atom stereocenters. The molecule has 0 radical (unpaired) electrons. The molecule has 0 fully saturated rings. The van der Waals surface area contributed by atoms with E-state index in [2.05, 4.69) is 38.4 Å². The number of benzene rings is 1. The first kappa shape index (κ1) is 15.6. The van der Waals surface area contributed by atoms with E-state index in [1.54, 1.807) is 0 Å². The first-order valence-corrected chi connectivity index (χ1v) is 7.69. The van der Waals surface area contributed by atoms with Crippen LogP contribution in [-0.2, 0) is 11.2 Å². The SMILES string of the molecule is CCCc1cc(NC(=O)CCOc2cccc(Br)c2)n[nH]1. The van der Waals surface area contributed by atoms with Crippen molar-refractivity contribution in [2.75, 3.05) is 11.9 Å². The number of nitrogens with one attached hydrogen (secondary N) is 2. The molecule has 0 saturated carbocycles. The highest BCUT2D eigenvalue weighted by atomic mass is 79.9. The summed E-state index contributed by atoms with van der Waals surface area (Å²) < 4.78 is 6.47. The van der Waals surface area contributed by atoms with Crippen molar-refractivity contribution in [1.29, 1.82) is 0 Å². The summed E-state index contributed by atoms with van der Waals surface area (Å²) in [5, 5.41) is 9.70. The number of H-pyrrole nitrogens is 1. The summed E-state index contributed by atoms with van der Waals surface area (Å²) >= 11 is 3.37. The number of amides is 1. The number of anilines is 1. The second-order valence-corrected chi connectivity index (χ2v) is 5.55. The van der Waals surface area contributed by atoms with Crippen molar-refractivity contribution in [2.45, 2.75) is 26.2 Å². The van der Waals surface area contributed by atoms with Gasteiger partial charge in [-0.3, -0.25) is 9.89 Å². The maximum atomic E-state index is 11.8. The van der Waals surface area contributed by atoms with Crippen LogP contribution in [0, 0.1) is 0 Å². The van der Waals surface area contributed by atoms with Crippen molar-refractivity contribution in [1.82, 2.24) is 10.2 Å². The minimum atomic E-state index is -0.112. The molecule has 5 nitrogen and oxygen atoms in total. The quantitative estimate of drug-likeness (QED) is 0.801. The molecule has 21 heavy (non-hydrogen) atoms. The minimum absolute atomic E-state index is 0.112. The Morgan fingerprint density at radius 2 is 2.29 bits per heavy atom. The third-order valence-corrected chi connectivity index (χ3v) is 3.30. The molecule has 0 unspecified atom stereocenters. The predicted molar refractivity (Wildman–Crippen MR) is 85.5 cm³/mol. The normalized spacial score (nSPS) is 10.4. The lowest BCUT2D eigenvalue weighted by Gasteiger charge is -2.06. The fraction of sp³-hybridized carbons (Fsp3) is 0.333. The van der Waals surface area contributed by atoms with Crippen molar-refractivity contribution in [3.63, 3.8) is 0 Å². The van der Waals surface area contributed by atoms with Gasteiger partial charge in [-0.05, 0) is 24.6 Å². The molecule has 0 saturated heterocycles.